The Morgan fingerprint density at radius 1 is 1.47 bits per heavy atom. The van der Waals surface area contributed by atoms with Crippen molar-refractivity contribution in [3.8, 4) is 0 Å². The summed E-state index contributed by atoms with van der Waals surface area (Å²) in [5.74, 6) is -0.772. The van der Waals surface area contributed by atoms with Gasteiger partial charge in [-0.2, -0.15) is 0 Å². The van der Waals surface area contributed by atoms with Gasteiger partial charge in [-0.1, -0.05) is 17.7 Å². The van der Waals surface area contributed by atoms with E-state index >= 15 is 0 Å². The number of carbonyl (C=O) groups is 2. The molecule has 1 aromatic carbocycles. The molecule has 0 aliphatic rings. The molecule has 1 aromatic rings. The second-order valence-corrected chi connectivity index (χ2v) is 4.06. The Kier molecular flexibility index (Phi) is 6.05. The standard InChI is InChI=1S/C13H15ClN2O3/c1-3-6-15-8-12(17)16-9-4-5-11(14)10(7-9)13(18)19-2/h3-5,7,15H,1,6,8H2,2H3,(H,16,17). The molecule has 102 valence electrons. The molecule has 0 aliphatic carbocycles. The summed E-state index contributed by atoms with van der Waals surface area (Å²) in [7, 11) is 1.27. The lowest BCUT2D eigenvalue weighted by Gasteiger charge is -2.08. The topological polar surface area (TPSA) is 67.4 Å². The highest BCUT2D eigenvalue weighted by molar-refractivity contribution is 6.33. The predicted molar refractivity (Wildman–Crippen MR) is 74.5 cm³/mol. The largest absolute Gasteiger partial charge is 0.465 e. The molecule has 0 aromatic heterocycles. The summed E-state index contributed by atoms with van der Waals surface area (Å²) in [6.07, 6.45) is 1.66. The van der Waals surface area contributed by atoms with Gasteiger partial charge in [0.15, 0.2) is 0 Å². The van der Waals surface area contributed by atoms with Gasteiger partial charge >= 0.3 is 5.97 Å². The lowest BCUT2D eigenvalue weighted by Crippen LogP contribution is -2.28. The van der Waals surface area contributed by atoms with E-state index in [1.165, 1.54) is 19.2 Å². The SMILES string of the molecule is C=CCNCC(=O)Nc1ccc(Cl)c(C(=O)OC)c1. The Hall–Kier alpha value is -1.85. The normalized spacial score (nSPS) is 9.79. The molecule has 0 bridgehead atoms. The molecule has 5 nitrogen and oxygen atoms in total. The lowest BCUT2D eigenvalue weighted by atomic mass is 10.2. The molecule has 0 radical (unpaired) electrons. The molecule has 2 N–H and O–H groups in total. The van der Waals surface area contributed by atoms with Crippen LogP contribution in [0.4, 0.5) is 5.69 Å². The van der Waals surface area contributed by atoms with Crippen molar-refractivity contribution in [1.29, 1.82) is 0 Å². The third kappa shape index (κ3) is 4.73. The van der Waals surface area contributed by atoms with Crippen LogP contribution >= 0.6 is 11.6 Å². The van der Waals surface area contributed by atoms with Crippen molar-refractivity contribution >= 4 is 29.2 Å². The van der Waals surface area contributed by atoms with Crippen molar-refractivity contribution in [2.24, 2.45) is 0 Å². The first-order valence-corrected chi connectivity index (χ1v) is 5.95. The zero-order valence-electron chi connectivity index (χ0n) is 10.5. The number of hydrogen-bond acceptors (Lipinski definition) is 4. The molecule has 0 spiro atoms. The Morgan fingerprint density at radius 3 is 2.84 bits per heavy atom. The number of halogens is 1. The van der Waals surface area contributed by atoms with Crippen molar-refractivity contribution in [2.75, 3.05) is 25.5 Å². The van der Waals surface area contributed by atoms with Crippen LogP contribution in [0.2, 0.25) is 5.02 Å². The second-order valence-electron chi connectivity index (χ2n) is 3.65. The molecule has 19 heavy (non-hydrogen) atoms. The van der Waals surface area contributed by atoms with Gasteiger partial charge in [0.1, 0.15) is 0 Å². The van der Waals surface area contributed by atoms with Crippen LogP contribution in [0.1, 0.15) is 10.4 Å². The van der Waals surface area contributed by atoms with Gasteiger partial charge in [-0.3, -0.25) is 4.79 Å². The van der Waals surface area contributed by atoms with Gasteiger partial charge in [0.25, 0.3) is 0 Å². The van der Waals surface area contributed by atoms with Gasteiger partial charge in [0.05, 0.1) is 24.2 Å². The maximum Gasteiger partial charge on any atom is 0.339 e. The fraction of sp³-hybridized carbons (Fsp3) is 0.231. The van der Waals surface area contributed by atoms with Crippen molar-refractivity contribution in [3.63, 3.8) is 0 Å². The molecule has 0 aliphatic heterocycles. The van der Waals surface area contributed by atoms with Gasteiger partial charge < -0.3 is 15.4 Å². The molecule has 0 atom stereocenters. The average molecular weight is 283 g/mol. The van der Waals surface area contributed by atoms with Crippen molar-refractivity contribution < 1.29 is 14.3 Å². The summed E-state index contributed by atoms with van der Waals surface area (Å²) >= 11 is 5.87. The third-order valence-corrected chi connectivity index (χ3v) is 2.56. The van der Waals surface area contributed by atoms with Crippen LogP contribution in [-0.4, -0.2) is 32.1 Å². The molecule has 0 fully saturated rings. The number of amides is 1. The summed E-state index contributed by atoms with van der Waals surface area (Å²) in [5.41, 5.74) is 0.691. The van der Waals surface area contributed by atoms with Gasteiger partial charge in [-0.05, 0) is 18.2 Å². The summed E-state index contributed by atoms with van der Waals surface area (Å²) in [5, 5.41) is 5.79. The van der Waals surface area contributed by atoms with Crippen LogP contribution in [0.5, 0.6) is 0 Å². The van der Waals surface area contributed by atoms with Crippen LogP contribution in [0.3, 0.4) is 0 Å². The zero-order chi connectivity index (χ0) is 14.3. The fourth-order valence-electron chi connectivity index (χ4n) is 1.36. The number of esters is 1. The van der Waals surface area contributed by atoms with Crippen molar-refractivity contribution in [3.05, 3.63) is 41.4 Å². The van der Waals surface area contributed by atoms with Gasteiger partial charge in [0, 0.05) is 12.2 Å². The van der Waals surface area contributed by atoms with Gasteiger partial charge in [-0.15, -0.1) is 6.58 Å². The first-order chi connectivity index (χ1) is 9.08. The molecule has 0 saturated carbocycles. The van der Waals surface area contributed by atoms with Crippen LogP contribution in [-0.2, 0) is 9.53 Å². The quantitative estimate of drug-likeness (QED) is 0.475. The van der Waals surface area contributed by atoms with E-state index < -0.39 is 5.97 Å². The minimum atomic E-state index is -0.550. The Labute approximate surface area is 116 Å². The molecular weight excluding hydrogens is 268 g/mol. The van der Waals surface area contributed by atoms with E-state index in [4.69, 9.17) is 11.6 Å². The molecular formula is C13H15ClN2O3. The number of methoxy groups -OCH3 is 1. The van der Waals surface area contributed by atoms with E-state index in [1.54, 1.807) is 12.1 Å². The Morgan fingerprint density at radius 2 is 2.21 bits per heavy atom. The molecule has 1 amide bonds. The van der Waals surface area contributed by atoms with E-state index in [2.05, 4.69) is 21.9 Å². The van der Waals surface area contributed by atoms with E-state index in [0.29, 0.717) is 12.2 Å². The zero-order valence-corrected chi connectivity index (χ0v) is 11.3. The van der Waals surface area contributed by atoms with E-state index in [0.717, 1.165) is 0 Å². The minimum Gasteiger partial charge on any atom is -0.465 e. The molecule has 1 rings (SSSR count). The van der Waals surface area contributed by atoms with Crippen LogP contribution in [0, 0.1) is 0 Å². The molecule has 0 unspecified atom stereocenters. The van der Waals surface area contributed by atoms with Crippen LogP contribution in [0.15, 0.2) is 30.9 Å². The third-order valence-electron chi connectivity index (χ3n) is 2.23. The monoisotopic (exact) mass is 282 g/mol. The lowest BCUT2D eigenvalue weighted by molar-refractivity contribution is -0.115. The van der Waals surface area contributed by atoms with Crippen molar-refractivity contribution in [2.45, 2.75) is 0 Å². The highest BCUT2D eigenvalue weighted by atomic mass is 35.5. The minimum absolute atomic E-state index is 0.155. The number of hydrogen-bond donors (Lipinski definition) is 2. The number of benzene rings is 1. The van der Waals surface area contributed by atoms with E-state index in [-0.39, 0.29) is 23.0 Å². The van der Waals surface area contributed by atoms with E-state index in [1.807, 2.05) is 0 Å². The summed E-state index contributed by atoms with van der Waals surface area (Å²) in [4.78, 5) is 23.0. The number of nitrogens with one attached hydrogen (secondary N) is 2. The Balaban J connectivity index is 2.71. The number of anilines is 1. The molecule has 0 saturated heterocycles. The fourth-order valence-corrected chi connectivity index (χ4v) is 1.56. The Bertz CT molecular complexity index is 489. The summed E-state index contributed by atoms with van der Waals surface area (Å²) in [6.45, 7) is 4.23. The van der Waals surface area contributed by atoms with E-state index in [9.17, 15) is 9.59 Å². The van der Waals surface area contributed by atoms with Gasteiger partial charge in [0.2, 0.25) is 5.91 Å². The highest BCUT2D eigenvalue weighted by Gasteiger charge is 2.12. The summed E-state index contributed by atoms with van der Waals surface area (Å²) in [6, 6.07) is 4.61. The first-order valence-electron chi connectivity index (χ1n) is 5.57. The summed E-state index contributed by atoms with van der Waals surface area (Å²) < 4.78 is 4.60. The van der Waals surface area contributed by atoms with Crippen LogP contribution in [0.25, 0.3) is 0 Å². The maximum absolute atomic E-state index is 11.6. The van der Waals surface area contributed by atoms with Crippen molar-refractivity contribution in [1.82, 2.24) is 5.32 Å². The number of ether oxygens (including phenoxy) is 1. The predicted octanol–water partition coefficient (Wildman–Crippen LogP) is 1.84. The smallest absolute Gasteiger partial charge is 0.339 e. The van der Waals surface area contributed by atoms with Crippen LogP contribution < -0.4 is 10.6 Å². The first kappa shape index (κ1) is 15.2. The molecule has 0 heterocycles. The maximum atomic E-state index is 11.6. The average Bonchev–Trinajstić information content (AvgIpc) is 2.40. The molecule has 6 heteroatoms. The van der Waals surface area contributed by atoms with Gasteiger partial charge in [-0.25, -0.2) is 4.79 Å². The highest BCUT2D eigenvalue weighted by Crippen LogP contribution is 2.21. The number of rotatable bonds is 6. The second kappa shape index (κ2) is 7.56. The number of carbonyl (C=O) groups excluding carboxylic acids is 2.